The van der Waals surface area contributed by atoms with Crippen molar-refractivity contribution in [3.8, 4) is 0 Å². The quantitative estimate of drug-likeness (QED) is 0.500. The van der Waals surface area contributed by atoms with E-state index in [2.05, 4.69) is 9.97 Å². The number of nitrogens with zero attached hydrogens (tertiary/aromatic N) is 3. The Kier molecular flexibility index (Phi) is 5.04. The van der Waals surface area contributed by atoms with Crippen molar-refractivity contribution in [2.24, 2.45) is 0 Å². The monoisotopic (exact) mass is 385 g/mol. The standard InChI is InChI=1S/C24H20FN3O/c1-16-14-20(19-12-11-18(25)15-22(19)27-16)24(29)28(2)23(17-8-4-3-5-9-17)21-10-6-7-13-26-21/h3-15,23H,1-2H3/t23-/m0/s1. The van der Waals surface area contributed by atoms with E-state index in [1.54, 1.807) is 37.2 Å². The first-order valence-corrected chi connectivity index (χ1v) is 9.34. The molecule has 0 saturated heterocycles. The summed E-state index contributed by atoms with van der Waals surface area (Å²) in [6, 6.07) is 21.2. The number of aromatic nitrogens is 2. The molecule has 2 aromatic carbocycles. The molecule has 2 aromatic heterocycles. The second-order valence-corrected chi connectivity index (χ2v) is 6.96. The van der Waals surface area contributed by atoms with Crippen molar-refractivity contribution >= 4 is 16.8 Å². The minimum absolute atomic E-state index is 0.174. The van der Waals surface area contributed by atoms with E-state index >= 15 is 0 Å². The van der Waals surface area contributed by atoms with Gasteiger partial charge < -0.3 is 4.90 Å². The molecule has 0 N–H and O–H groups in total. The van der Waals surface area contributed by atoms with E-state index in [0.29, 0.717) is 22.2 Å². The van der Waals surface area contributed by atoms with Crippen LogP contribution in [0.15, 0.2) is 79.0 Å². The van der Waals surface area contributed by atoms with E-state index in [1.807, 2.05) is 48.5 Å². The third kappa shape index (κ3) is 3.72. The van der Waals surface area contributed by atoms with Gasteiger partial charge in [-0.25, -0.2) is 4.39 Å². The Morgan fingerprint density at radius 3 is 2.48 bits per heavy atom. The molecule has 4 nitrogen and oxygen atoms in total. The number of hydrogen-bond donors (Lipinski definition) is 0. The fourth-order valence-corrected chi connectivity index (χ4v) is 3.58. The minimum Gasteiger partial charge on any atom is -0.329 e. The highest BCUT2D eigenvalue weighted by Gasteiger charge is 2.26. The van der Waals surface area contributed by atoms with Crippen LogP contribution in [0.2, 0.25) is 0 Å². The van der Waals surface area contributed by atoms with Gasteiger partial charge in [-0.3, -0.25) is 14.8 Å². The predicted molar refractivity (Wildman–Crippen MR) is 111 cm³/mol. The first kappa shape index (κ1) is 18.7. The summed E-state index contributed by atoms with van der Waals surface area (Å²) < 4.78 is 13.7. The van der Waals surface area contributed by atoms with E-state index in [-0.39, 0.29) is 17.8 Å². The highest BCUT2D eigenvalue weighted by molar-refractivity contribution is 6.06. The number of halogens is 1. The van der Waals surface area contributed by atoms with Gasteiger partial charge in [0.2, 0.25) is 0 Å². The van der Waals surface area contributed by atoms with Gasteiger partial charge in [-0.1, -0.05) is 36.4 Å². The zero-order valence-electron chi connectivity index (χ0n) is 16.2. The van der Waals surface area contributed by atoms with Gasteiger partial charge in [-0.05, 0) is 42.8 Å². The number of aryl methyl sites for hydroxylation is 1. The molecule has 0 saturated carbocycles. The number of amides is 1. The third-order valence-corrected chi connectivity index (χ3v) is 4.92. The Morgan fingerprint density at radius 1 is 1.00 bits per heavy atom. The van der Waals surface area contributed by atoms with Gasteiger partial charge >= 0.3 is 0 Å². The van der Waals surface area contributed by atoms with Crippen molar-refractivity contribution in [1.29, 1.82) is 0 Å². The molecule has 0 bridgehead atoms. The molecule has 0 fully saturated rings. The molecule has 0 aliphatic rings. The van der Waals surface area contributed by atoms with Crippen molar-refractivity contribution in [3.63, 3.8) is 0 Å². The predicted octanol–water partition coefficient (Wildman–Crippen LogP) is 4.94. The number of fused-ring (bicyclic) bond motifs is 1. The van der Waals surface area contributed by atoms with Crippen molar-refractivity contribution in [1.82, 2.24) is 14.9 Å². The van der Waals surface area contributed by atoms with E-state index in [4.69, 9.17) is 0 Å². The molecule has 0 spiro atoms. The third-order valence-electron chi connectivity index (χ3n) is 4.92. The second-order valence-electron chi connectivity index (χ2n) is 6.96. The summed E-state index contributed by atoms with van der Waals surface area (Å²) in [6.07, 6.45) is 1.72. The van der Waals surface area contributed by atoms with Crippen LogP contribution in [0.1, 0.15) is 33.4 Å². The van der Waals surface area contributed by atoms with Gasteiger partial charge in [0.25, 0.3) is 5.91 Å². The summed E-state index contributed by atoms with van der Waals surface area (Å²) in [5, 5.41) is 0.627. The van der Waals surface area contributed by atoms with Crippen LogP contribution < -0.4 is 0 Å². The molecule has 2 heterocycles. The number of carbonyl (C=O) groups excluding carboxylic acids is 1. The van der Waals surface area contributed by atoms with Crippen LogP contribution in [0, 0.1) is 12.7 Å². The lowest BCUT2D eigenvalue weighted by atomic mass is 9.99. The van der Waals surface area contributed by atoms with Crippen molar-refractivity contribution in [2.75, 3.05) is 7.05 Å². The molecule has 29 heavy (non-hydrogen) atoms. The molecule has 144 valence electrons. The van der Waals surface area contributed by atoms with Crippen molar-refractivity contribution in [2.45, 2.75) is 13.0 Å². The Bertz CT molecular complexity index is 1120. The van der Waals surface area contributed by atoms with Crippen LogP contribution in [-0.4, -0.2) is 27.8 Å². The number of hydrogen-bond acceptors (Lipinski definition) is 3. The van der Waals surface area contributed by atoms with Crippen LogP contribution in [0.3, 0.4) is 0 Å². The van der Waals surface area contributed by atoms with Crippen LogP contribution in [0.4, 0.5) is 4.39 Å². The molecule has 0 radical (unpaired) electrons. The molecular formula is C24H20FN3O. The van der Waals surface area contributed by atoms with Crippen molar-refractivity contribution < 1.29 is 9.18 Å². The van der Waals surface area contributed by atoms with E-state index in [0.717, 1.165) is 11.3 Å². The van der Waals surface area contributed by atoms with Gasteiger partial charge in [0.05, 0.1) is 22.8 Å². The average Bonchev–Trinajstić information content (AvgIpc) is 2.74. The summed E-state index contributed by atoms with van der Waals surface area (Å²) in [5.41, 5.74) is 3.36. The Labute approximate surface area is 168 Å². The zero-order valence-corrected chi connectivity index (χ0v) is 16.2. The lowest BCUT2D eigenvalue weighted by Gasteiger charge is -2.29. The summed E-state index contributed by atoms with van der Waals surface area (Å²) >= 11 is 0. The summed E-state index contributed by atoms with van der Waals surface area (Å²) in [4.78, 5) is 24.1. The maximum absolute atomic E-state index is 13.7. The van der Waals surface area contributed by atoms with E-state index in [1.165, 1.54) is 12.1 Å². The molecule has 0 unspecified atom stereocenters. The second kappa shape index (κ2) is 7.80. The van der Waals surface area contributed by atoms with Gasteiger partial charge in [0.15, 0.2) is 0 Å². The fourth-order valence-electron chi connectivity index (χ4n) is 3.58. The first-order chi connectivity index (χ1) is 14.0. The Balaban J connectivity index is 1.82. The van der Waals surface area contributed by atoms with Crippen LogP contribution in [0.25, 0.3) is 10.9 Å². The zero-order chi connectivity index (χ0) is 20.4. The minimum atomic E-state index is -0.377. The van der Waals surface area contributed by atoms with Crippen LogP contribution >= 0.6 is 0 Å². The molecule has 4 aromatic rings. The van der Waals surface area contributed by atoms with Gasteiger partial charge in [0, 0.05) is 30.4 Å². The highest BCUT2D eigenvalue weighted by atomic mass is 19.1. The fraction of sp³-hybridized carbons (Fsp3) is 0.125. The number of rotatable bonds is 4. The Morgan fingerprint density at radius 2 is 1.76 bits per heavy atom. The maximum Gasteiger partial charge on any atom is 0.255 e. The molecule has 0 aliphatic heterocycles. The number of benzene rings is 2. The smallest absolute Gasteiger partial charge is 0.255 e. The molecule has 0 aliphatic carbocycles. The first-order valence-electron chi connectivity index (χ1n) is 9.34. The molecule has 5 heteroatoms. The van der Waals surface area contributed by atoms with Crippen LogP contribution in [0.5, 0.6) is 0 Å². The number of carbonyl (C=O) groups is 1. The largest absolute Gasteiger partial charge is 0.329 e. The van der Waals surface area contributed by atoms with Gasteiger partial charge in [-0.15, -0.1) is 0 Å². The Hall–Kier alpha value is -3.60. The topological polar surface area (TPSA) is 46.1 Å². The summed E-state index contributed by atoms with van der Waals surface area (Å²) in [5.74, 6) is -0.551. The van der Waals surface area contributed by atoms with Crippen molar-refractivity contribution in [3.05, 3.63) is 107 Å². The van der Waals surface area contributed by atoms with Crippen LogP contribution in [-0.2, 0) is 0 Å². The van der Waals surface area contributed by atoms with Gasteiger partial charge in [-0.2, -0.15) is 0 Å². The SMILES string of the molecule is Cc1cc(C(=O)N(C)[C@@H](c2ccccc2)c2ccccn2)c2ccc(F)cc2n1. The highest BCUT2D eigenvalue weighted by Crippen LogP contribution is 2.29. The number of pyridine rings is 2. The van der Waals surface area contributed by atoms with E-state index < -0.39 is 0 Å². The summed E-state index contributed by atoms with van der Waals surface area (Å²) in [7, 11) is 1.76. The van der Waals surface area contributed by atoms with Gasteiger partial charge in [0.1, 0.15) is 5.82 Å². The molecule has 1 atom stereocenters. The molecule has 1 amide bonds. The summed E-state index contributed by atoms with van der Waals surface area (Å²) in [6.45, 7) is 1.80. The normalized spacial score (nSPS) is 12.0. The lowest BCUT2D eigenvalue weighted by Crippen LogP contribution is -2.32. The molecular weight excluding hydrogens is 365 g/mol. The molecule has 4 rings (SSSR count). The average molecular weight is 385 g/mol. The van der Waals surface area contributed by atoms with E-state index in [9.17, 15) is 9.18 Å². The maximum atomic E-state index is 13.7. The lowest BCUT2D eigenvalue weighted by molar-refractivity contribution is 0.0754.